The lowest BCUT2D eigenvalue weighted by Gasteiger charge is -2.42. The van der Waals surface area contributed by atoms with Crippen LogP contribution in [0.1, 0.15) is 46.1 Å². The van der Waals surface area contributed by atoms with Crippen LogP contribution in [0.5, 0.6) is 0 Å². The zero-order chi connectivity index (χ0) is 14.3. The Morgan fingerprint density at radius 2 is 1.68 bits per heavy atom. The number of carbonyl (C=O) groups excluding carboxylic acids is 1. The Morgan fingerprint density at radius 3 is 2.21 bits per heavy atom. The molecule has 0 unspecified atom stereocenters. The minimum Gasteiger partial charge on any atom is -0.298 e. The Morgan fingerprint density at radius 1 is 1.11 bits per heavy atom. The second-order valence-corrected chi connectivity index (χ2v) is 6.92. The maximum Gasteiger partial charge on any atom is 0.146 e. The minimum absolute atomic E-state index is 0.132. The summed E-state index contributed by atoms with van der Waals surface area (Å²) in [6, 6.07) is 6.45. The Balaban J connectivity index is 2.58. The van der Waals surface area contributed by atoms with Gasteiger partial charge in [0.1, 0.15) is 12.1 Å². The number of halogens is 1. The highest BCUT2D eigenvalue weighted by atomic mass is 19.1. The van der Waals surface area contributed by atoms with Crippen molar-refractivity contribution in [3.05, 3.63) is 41.2 Å². The largest absolute Gasteiger partial charge is 0.298 e. The van der Waals surface area contributed by atoms with Crippen LogP contribution in [0.2, 0.25) is 0 Å². The fourth-order valence-corrected chi connectivity index (χ4v) is 3.48. The van der Waals surface area contributed by atoms with E-state index in [1.165, 1.54) is 12.1 Å². The lowest BCUT2D eigenvalue weighted by molar-refractivity contribution is -0.106. The fraction of sp³-hybridized carbons (Fsp3) is 0.471. The van der Waals surface area contributed by atoms with Crippen molar-refractivity contribution in [3.8, 4) is 0 Å². The highest BCUT2D eigenvalue weighted by Gasteiger charge is 2.39. The highest BCUT2D eigenvalue weighted by Crippen LogP contribution is 2.50. The van der Waals surface area contributed by atoms with Crippen LogP contribution in [0.15, 0.2) is 29.8 Å². The zero-order valence-electron chi connectivity index (χ0n) is 12.1. The molecule has 1 aromatic carbocycles. The summed E-state index contributed by atoms with van der Waals surface area (Å²) >= 11 is 0. The molecule has 1 aliphatic rings. The summed E-state index contributed by atoms with van der Waals surface area (Å²) in [4.78, 5) is 11.5. The SMILES string of the molecule is CC1(C)CC(c2ccc(F)cc2)=C(C=O)C(C)(C)C1. The van der Waals surface area contributed by atoms with Gasteiger partial charge in [-0.05, 0) is 46.9 Å². The highest BCUT2D eigenvalue weighted by molar-refractivity contribution is 5.90. The van der Waals surface area contributed by atoms with Crippen molar-refractivity contribution in [2.75, 3.05) is 0 Å². The molecule has 0 radical (unpaired) electrons. The van der Waals surface area contributed by atoms with E-state index in [1.54, 1.807) is 12.1 Å². The minimum atomic E-state index is -0.244. The number of allylic oxidation sites excluding steroid dienone is 2. The molecule has 0 amide bonds. The van der Waals surface area contributed by atoms with E-state index in [9.17, 15) is 9.18 Å². The number of benzene rings is 1. The van der Waals surface area contributed by atoms with Crippen molar-refractivity contribution in [1.82, 2.24) is 0 Å². The number of hydrogen-bond acceptors (Lipinski definition) is 1. The normalized spacial score (nSPS) is 21.3. The van der Waals surface area contributed by atoms with Gasteiger partial charge in [-0.15, -0.1) is 0 Å². The molecule has 2 heteroatoms. The standard InChI is InChI=1S/C17H21FO/c1-16(2)9-14(12-5-7-13(18)8-6-12)15(10-19)17(3,4)11-16/h5-8,10H,9,11H2,1-4H3. The second-order valence-electron chi connectivity index (χ2n) is 6.92. The molecule has 0 saturated heterocycles. The number of rotatable bonds is 2. The molecule has 0 atom stereocenters. The van der Waals surface area contributed by atoms with Crippen LogP contribution in [0.25, 0.3) is 5.57 Å². The summed E-state index contributed by atoms with van der Waals surface area (Å²) in [6.45, 7) is 8.67. The van der Waals surface area contributed by atoms with Gasteiger partial charge >= 0.3 is 0 Å². The lowest BCUT2D eigenvalue weighted by atomic mass is 9.62. The van der Waals surface area contributed by atoms with Gasteiger partial charge in [-0.3, -0.25) is 4.79 Å². The first kappa shape index (κ1) is 14.0. The van der Waals surface area contributed by atoms with Crippen molar-refractivity contribution < 1.29 is 9.18 Å². The summed E-state index contributed by atoms with van der Waals surface area (Å²) in [5.74, 6) is -0.244. The molecule has 0 aromatic heterocycles. The monoisotopic (exact) mass is 260 g/mol. The van der Waals surface area contributed by atoms with Crippen molar-refractivity contribution in [2.24, 2.45) is 10.8 Å². The van der Waals surface area contributed by atoms with Gasteiger partial charge < -0.3 is 0 Å². The van der Waals surface area contributed by atoms with E-state index >= 15 is 0 Å². The molecule has 19 heavy (non-hydrogen) atoms. The van der Waals surface area contributed by atoms with Crippen LogP contribution in [0, 0.1) is 16.6 Å². The molecule has 1 aliphatic carbocycles. The third-order valence-electron chi connectivity index (χ3n) is 3.94. The Labute approximate surface area is 114 Å². The number of hydrogen-bond donors (Lipinski definition) is 0. The van der Waals surface area contributed by atoms with E-state index in [4.69, 9.17) is 0 Å². The predicted octanol–water partition coefficient (Wildman–Crippen LogP) is 4.62. The lowest BCUT2D eigenvalue weighted by Crippen LogP contribution is -2.31. The van der Waals surface area contributed by atoms with Crippen LogP contribution < -0.4 is 0 Å². The first-order valence-electron chi connectivity index (χ1n) is 6.70. The van der Waals surface area contributed by atoms with Gasteiger partial charge in [0.25, 0.3) is 0 Å². The average molecular weight is 260 g/mol. The molecule has 0 heterocycles. The third-order valence-corrected chi connectivity index (χ3v) is 3.94. The van der Waals surface area contributed by atoms with E-state index in [1.807, 2.05) is 0 Å². The molecular weight excluding hydrogens is 239 g/mol. The summed E-state index contributed by atoms with van der Waals surface area (Å²) in [6.07, 6.45) is 2.82. The van der Waals surface area contributed by atoms with Crippen molar-refractivity contribution in [2.45, 2.75) is 40.5 Å². The van der Waals surface area contributed by atoms with Gasteiger partial charge in [0, 0.05) is 5.57 Å². The predicted molar refractivity (Wildman–Crippen MR) is 76.2 cm³/mol. The van der Waals surface area contributed by atoms with Gasteiger partial charge in [0.15, 0.2) is 0 Å². The molecule has 1 nitrogen and oxygen atoms in total. The van der Waals surface area contributed by atoms with Gasteiger partial charge in [-0.2, -0.15) is 0 Å². The maximum atomic E-state index is 13.1. The van der Waals surface area contributed by atoms with Gasteiger partial charge in [-0.25, -0.2) is 4.39 Å². The molecule has 0 bridgehead atoms. The average Bonchev–Trinajstić information content (AvgIpc) is 2.26. The number of carbonyl (C=O) groups is 1. The molecule has 0 saturated carbocycles. The maximum absolute atomic E-state index is 13.1. The molecule has 0 aliphatic heterocycles. The van der Waals surface area contributed by atoms with Crippen molar-refractivity contribution in [1.29, 1.82) is 0 Å². The molecule has 102 valence electrons. The summed E-state index contributed by atoms with van der Waals surface area (Å²) < 4.78 is 13.1. The molecule has 0 fully saturated rings. The number of aldehydes is 1. The zero-order valence-corrected chi connectivity index (χ0v) is 12.1. The molecular formula is C17H21FO. The topological polar surface area (TPSA) is 17.1 Å². The Bertz CT molecular complexity index is 521. The van der Waals surface area contributed by atoms with E-state index in [2.05, 4.69) is 27.7 Å². The van der Waals surface area contributed by atoms with Crippen LogP contribution in [-0.4, -0.2) is 6.29 Å². The van der Waals surface area contributed by atoms with Crippen LogP contribution >= 0.6 is 0 Å². The molecule has 0 N–H and O–H groups in total. The molecule has 1 aromatic rings. The van der Waals surface area contributed by atoms with Gasteiger partial charge in [-0.1, -0.05) is 39.8 Å². The third kappa shape index (κ3) is 2.78. The van der Waals surface area contributed by atoms with E-state index in [-0.39, 0.29) is 16.6 Å². The molecule has 0 spiro atoms. The van der Waals surface area contributed by atoms with E-state index < -0.39 is 0 Å². The van der Waals surface area contributed by atoms with Crippen molar-refractivity contribution in [3.63, 3.8) is 0 Å². The molecule has 2 rings (SSSR count). The quantitative estimate of drug-likeness (QED) is 0.709. The summed E-state index contributed by atoms with van der Waals surface area (Å²) in [5.41, 5.74) is 2.91. The van der Waals surface area contributed by atoms with E-state index in [0.29, 0.717) is 0 Å². The van der Waals surface area contributed by atoms with Crippen LogP contribution in [-0.2, 0) is 4.79 Å². The van der Waals surface area contributed by atoms with Crippen LogP contribution in [0.3, 0.4) is 0 Å². The first-order chi connectivity index (χ1) is 8.75. The smallest absolute Gasteiger partial charge is 0.146 e. The van der Waals surface area contributed by atoms with Crippen LogP contribution in [0.4, 0.5) is 4.39 Å². The van der Waals surface area contributed by atoms with E-state index in [0.717, 1.165) is 35.8 Å². The summed E-state index contributed by atoms with van der Waals surface area (Å²) in [5, 5.41) is 0. The summed E-state index contributed by atoms with van der Waals surface area (Å²) in [7, 11) is 0. The van der Waals surface area contributed by atoms with Crippen molar-refractivity contribution >= 4 is 11.9 Å². The fourth-order valence-electron chi connectivity index (χ4n) is 3.48. The van der Waals surface area contributed by atoms with Gasteiger partial charge in [0.05, 0.1) is 0 Å². The Kier molecular flexibility index (Phi) is 3.38. The second kappa shape index (κ2) is 4.59. The Hall–Kier alpha value is -1.44. The van der Waals surface area contributed by atoms with Gasteiger partial charge in [0.2, 0.25) is 0 Å². The first-order valence-corrected chi connectivity index (χ1v) is 6.70.